The molecule has 0 radical (unpaired) electrons. The molecule has 0 aromatic heterocycles. The number of hydrogen-bond acceptors (Lipinski definition) is 4. The second-order valence-corrected chi connectivity index (χ2v) is 5.61. The predicted molar refractivity (Wildman–Crippen MR) is 88.9 cm³/mol. The standard InChI is InChI=1S/C19H19NO3/c21-18(15-6-2-1-3-7-15)14-23-19(22)16-8-10-17(11-9-16)20-12-4-5-13-20/h1-3,6-11H,4-5,12-14H2. The summed E-state index contributed by atoms with van der Waals surface area (Å²) in [6, 6.07) is 16.2. The predicted octanol–water partition coefficient (Wildman–Crippen LogP) is 3.33. The Kier molecular flexibility index (Phi) is 4.71. The van der Waals surface area contributed by atoms with Crippen molar-refractivity contribution in [2.75, 3.05) is 24.6 Å². The maximum Gasteiger partial charge on any atom is 0.338 e. The van der Waals surface area contributed by atoms with E-state index in [9.17, 15) is 9.59 Å². The SMILES string of the molecule is O=C(COC(=O)c1ccc(N2CCCC2)cc1)c1ccccc1. The van der Waals surface area contributed by atoms with E-state index in [-0.39, 0.29) is 12.4 Å². The first-order chi connectivity index (χ1) is 11.2. The molecule has 3 rings (SSSR count). The van der Waals surface area contributed by atoms with Crippen LogP contribution in [0.15, 0.2) is 54.6 Å². The molecule has 1 aliphatic rings. The van der Waals surface area contributed by atoms with Gasteiger partial charge in [-0.1, -0.05) is 30.3 Å². The van der Waals surface area contributed by atoms with Gasteiger partial charge in [0.1, 0.15) is 0 Å². The molecule has 118 valence electrons. The largest absolute Gasteiger partial charge is 0.454 e. The van der Waals surface area contributed by atoms with Crippen molar-refractivity contribution in [1.82, 2.24) is 0 Å². The molecule has 0 spiro atoms. The number of carbonyl (C=O) groups excluding carboxylic acids is 2. The van der Waals surface area contributed by atoms with Crippen molar-refractivity contribution in [2.24, 2.45) is 0 Å². The van der Waals surface area contributed by atoms with Crippen LogP contribution in [0.5, 0.6) is 0 Å². The molecule has 0 atom stereocenters. The summed E-state index contributed by atoms with van der Waals surface area (Å²) in [6.07, 6.45) is 2.43. The van der Waals surface area contributed by atoms with Crippen LogP contribution in [-0.2, 0) is 4.74 Å². The lowest BCUT2D eigenvalue weighted by Crippen LogP contribution is -2.18. The number of ether oxygens (including phenoxy) is 1. The highest BCUT2D eigenvalue weighted by Crippen LogP contribution is 2.20. The smallest absolute Gasteiger partial charge is 0.338 e. The molecule has 0 saturated carbocycles. The molecule has 1 fully saturated rings. The number of nitrogens with zero attached hydrogens (tertiary/aromatic N) is 1. The Morgan fingerprint density at radius 1 is 0.870 bits per heavy atom. The van der Waals surface area contributed by atoms with Crippen LogP contribution >= 0.6 is 0 Å². The van der Waals surface area contributed by atoms with Crippen molar-refractivity contribution >= 4 is 17.4 Å². The molecule has 1 saturated heterocycles. The molecule has 2 aromatic rings. The number of benzene rings is 2. The van der Waals surface area contributed by atoms with Gasteiger partial charge in [-0.2, -0.15) is 0 Å². The van der Waals surface area contributed by atoms with Crippen LogP contribution in [0.4, 0.5) is 5.69 Å². The van der Waals surface area contributed by atoms with Gasteiger partial charge in [-0.05, 0) is 37.1 Å². The fourth-order valence-corrected chi connectivity index (χ4v) is 2.71. The van der Waals surface area contributed by atoms with Gasteiger partial charge in [0.05, 0.1) is 5.56 Å². The van der Waals surface area contributed by atoms with Crippen LogP contribution in [0.2, 0.25) is 0 Å². The lowest BCUT2D eigenvalue weighted by molar-refractivity contribution is 0.0475. The van der Waals surface area contributed by atoms with Crippen molar-refractivity contribution in [2.45, 2.75) is 12.8 Å². The van der Waals surface area contributed by atoms with Crippen LogP contribution in [-0.4, -0.2) is 31.4 Å². The quantitative estimate of drug-likeness (QED) is 0.628. The van der Waals surface area contributed by atoms with Gasteiger partial charge in [-0.25, -0.2) is 4.79 Å². The minimum Gasteiger partial charge on any atom is -0.454 e. The Balaban J connectivity index is 1.56. The van der Waals surface area contributed by atoms with E-state index in [1.165, 1.54) is 12.8 Å². The zero-order valence-electron chi connectivity index (χ0n) is 12.9. The Morgan fingerprint density at radius 3 is 2.17 bits per heavy atom. The van der Waals surface area contributed by atoms with Gasteiger partial charge in [-0.15, -0.1) is 0 Å². The molecule has 1 heterocycles. The van der Waals surface area contributed by atoms with Crippen LogP contribution < -0.4 is 4.90 Å². The van der Waals surface area contributed by atoms with E-state index < -0.39 is 5.97 Å². The van der Waals surface area contributed by atoms with Crippen molar-refractivity contribution in [3.8, 4) is 0 Å². The van der Waals surface area contributed by atoms with Crippen LogP contribution in [0.25, 0.3) is 0 Å². The lowest BCUT2D eigenvalue weighted by Gasteiger charge is -2.17. The molecule has 4 nitrogen and oxygen atoms in total. The zero-order valence-corrected chi connectivity index (χ0v) is 12.9. The Hall–Kier alpha value is -2.62. The summed E-state index contributed by atoms with van der Waals surface area (Å²) >= 11 is 0. The summed E-state index contributed by atoms with van der Waals surface area (Å²) in [6.45, 7) is 1.89. The topological polar surface area (TPSA) is 46.6 Å². The van der Waals surface area contributed by atoms with Crippen LogP contribution in [0.3, 0.4) is 0 Å². The monoisotopic (exact) mass is 309 g/mol. The normalized spacial score (nSPS) is 13.8. The zero-order chi connectivity index (χ0) is 16.1. The van der Waals surface area contributed by atoms with E-state index in [1.807, 2.05) is 18.2 Å². The maximum absolute atomic E-state index is 12.0. The Morgan fingerprint density at radius 2 is 1.52 bits per heavy atom. The molecule has 0 amide bonds. The lowest BCUT2D eigenvalue weighted by atomic mass is 10.1. The van der Waals surface area contributed by atoms with E-state index >= 15 is 0 Å². The van der Waals surface area contributed by atoms with Gasteiger partial charge in [0, 0.05) is 24.3 Å². The minimum atomic E-state index is -0.470. The number of esters is 1. The average Bonchev–Trinajstić information content (AvgIpc) is 3.15. The summed E-state index contributed by atoms with van der Waals surface area (Å²) < 4.78 is 5.11. The van der Waals surface area contributed by atoms with Gasteiger partial charge in [0.2, 0.25) is 0 Å². The van der Waals surface area contributed by atoms with Gasteiger partial charge < -0.3 is 9.64 Å². The molecule has 4 heteroatoms. The van der Waals surface area contributed by atoms with Crippen molar-refractivity contribution in [3.05, 3.63) is 65.7 Å². The highest BCUT2D eigenvalue weighted by atomic mass is 16.5. The molecule has 1 aliphatic heterocycles. The third kappa shape index (κ3) is 3.77. The van der Waals surface area contributed by atoms with Crippen molar-refractivity contribution < 1.29 is 14.3 Å². The Labute approximate surface area is 135 Å². The number of rotatable bonds is 5. The Bertz CT molecular complexity index is 674. The number of carbonyl (C=O) groups is 2. The van der Waals surface area contributed by atoms with E-state index in [0.717, 1.165) is 18.8 Å². The summed E-state index contributed by atoms with van der Waals surface area (Å²) in [5, 5.41) is 0. The molecule has 23 heavy (non-hydrogen) atoms. The summed E-state index contributed by atoms with van der Waals surface area (Å²) in [4.78, 5) is 26.2. The second-order valence-electron chi connectivity index (χ2n) is 5.61. The first kappa shape index (κ1) is 15.3. The molecule has 0 bridgehead atoms. The number of hydrogen-bond donors (Lipinski definition) is 0. The second kappa shape index (κ2) is 7.09. The van der Waals surface area contributed by atoms with Crippen LogP contribution in [0.1, 0.15) is 33.6 Å². The van der Waals surface area contributed by atoms with Gasteiger partial charge in [0.15, 0.2) is 12.4 Å². The average molecular weight is 309 g/mol. The molecule has 2 aromatic carbocycles. The fraction of sp³-hybridized carbons (Fsp3) is 0.263. The summed E-state index contributed by atoms with van der Waals surface area (Å²) in [7, 11) is 0. The molecule has 0 unspecified atom stereocenters. The van der Waals surface area contributed by atoms with E-state index in [2.05, 4.69) is 4.90 Å². The molecule has 0 aliphatic carbocycles. The van der Waals surface area contributed by atoms with E-state index in [1.54, 1.807) is 36.4 Å². The summed E-state index contributed by atoms with van der Waals surface area (Å²) in [5.41, 5.74) is 2.14. The van der Waals surface area contributed by atoms with Gasteiger partial charge in [0.25, 0.3) is 0 Å². The minimum absolute atomic E-state index is 0.201. The van der Waals surface area contributed by atoms with Crippen LogP contribution in [0, 0.1) is 0 Å². The number of ketones is 1. The third-order valence-corrected chi connectivity index (χ3v) is 4.00. The van der Waals surface area contributed by atoms with Crippen molar-refractivity contribution in [1.29, 1.82) is 0 Å². The van der Waals surface area contributed by atoms with Gasteiger partial charge in [-0.3, -0.25) is 4.79 Å². The highest BCUT2D eigenvalue weighted by Gasteiger charge is 2.14. The highest BCUT2D eigenvalue weighted by molar-refractivity contribution is 5.99. The fourth-order valence-electron chi connectivity index (χ4n) is 2.71. The molecular formula is C19H19NO3. The number of Topliss-reactive ketones (excluding diaryl/α,β-unsaturated/α-hetero) is 1. The number of anilines is 1. The van der Waals surface area contributed by atoms with E-state index in [0.29, 0.717) is 11.1 Å². The van der Waals surface area contributed by atoms with Gasteiger partial charge >= 0.3 is 5.97 Å². The van der Waals surface area contributed by atoms with Crippen molar-refractivity contribution in [3.63, 3.8) is 0 Å². The first-order valence-electron chi connectivity index (χ1n) is 7.84. The molecular weight excluding hydrogens is 290 g/mol. The third-order valence-electron chi connectivity index (χ3n) is 4.00. The van der Waals surface area contributed by atoms with E-state index in [4.69, 9.17) is 4.74 Å². The summed E-state index contributed by atoms with van der Waals surface area (Å²) in [5.74, 6) is -0.671. The first-order valence-corrected chi connectivity index (χ1v) is 7.84. The maximum atomic E-state index is 12.0. The molecule has 0 N–H and O–H groups in total.